The van der Waals surface area contributed by atoms with Crippen molar-refractivity contribution in [3.63, 3.8) is 0 Å². The second kappa shape index (κ2) is 13.2. The third kappa shape index (κ3) is 6.61. The quantitative estimate of drug-likeness (QED) is 0.372. The van der Waals surface area contributed by atoms with Crippen molar-refractivity contribution >= 4 is 23.2 Å². The van der Waals surface area contributed by atoms with Crippen LogP contribution in [0.15, 0.2) is 35.7 Å². The second-order valence-electron chi connectivity index (χ2n) is 10.2. The molecule has 2 amide bonds. The molecule has 2 aromatic heterocycles. The lowest BCUT2D eigenvalue weighted by atomic mass is 9.95. The predicted molar refractivity (Wildman–Crippen MR) is 149 cm³/mol. The minimum atomic E-state index is -0.757. The van der Waals surface area contributed by atoms with Crippen LogP contribution in [0.5, 0.6) is 11.5 Å². The fraction of sp³-hybridized carbons (Fsp3) is 0.536. The molecule has 2 aliphatic rings. The lowest BCUT2D eigenvalue weighted by Crippen LogP contribution is -2.49. The Kier molecular flexibility index (Phi) is 9.27. The molecule has 0 radical (unpaired) electrons. The first-order valence-corrected chi connectivity index (χ1v) is 14.7. The third-order valence-corrected chi connectivity index (χ3v) is 8.36. The zero-order chi connectivity index (χ0) is 27.9. The number of nitrogens with one attached hydrogen (secondary N) is 1. The summed E-state index contributed by atoms with van der Waals surface area (Å²) in [5, 5.41) is 17.9. The maximum atomic E-state index is 13.9. The summed E-state index contributed by atoms with van der Waals surface area (Å²) in [6.45, 7) is 0.812. The average Bonchev–Trinajstić information content (AvgIpc) is 3.77. The van der Waals surface area contributed by atoms with E-state index in [9.17, 15) is 9.59 Å². The standard InChI is InChI=1S/C28H36N6O5S/c1-37-22-13-12-19(16-23(22)38-2)27-30-32-34(31-27)18-25(35)33(17-21-10-6-14-39-21)26(24-11-7-15-40-24)28(36)29-20-8-4-3-5-9-20/h7,11-13,15-16,20-21,26H,3-6,8-10,14,17-18H2,1-2H3,(H,29,36)/t21-,26+/m1/s1. The third-order valence-electron chi connectivity index (χ3n) is 7.44. The summed E-state index contributed by atoms with van der Waals surface area (Å²) in [6, 6.07) is 8.51. The number of hydrogen-bond donors (Lipinski definition) is 1. The molecule has 12 heteroatoms. The van der Waals surface area contributed by atoms with E-state index < -0.39 is 6.04 Å². The van der Waals surface area contributed by atoms with Crippen LogP contribution in [0.4, 0.5) is 0 Å². The van der Waals surface area contributed by atoms with Crippen molar-refractivity contribution in [2.75, 3.05) is 27.4 Å². The van der Waals surface area contributed by atoms with Crippen LogP contribution in [-0.4, -0.2) is 76.4 Å². The molecular formula is C28H36N6O5S. The summed E-state index contributed by atoms with van der Waals surface area (Å²) < 4.78 is 16.6. The van der Waals surface area contributed by atoms with Gasteiger partial charge in [-0.05, 0) is 60.5 Å². The molecule has 5 rings (SSSR count). The number of carbonyl (C=O) groups is 2. The topological polar surface area (TPSA) is 121 Å². The lowest BCUT2D eigenvalue weighted by Gasteiger charge is -2.33. The minimum Gasteiger partial charge on any atom is -0.493 e. The van der Waals surface area contributed by atoms with Gasteiger partial charge in [0.2, 0.25) is 17.6 Å². The summed E-state index contributed by atoms with van der Waals surface area (Å²) in [7, 11) is 3.13. The van der Waals surface area contributed by atoms with Crippen molar-refractivity contribution in [1.82, 2.24) is 30.4 Å². The number of benzene rings is 1. The van der Waals surface area contributed by atoms with Gasteiger partial charge < -0.3 is 24.4 Å². The lowest BCUT2D eigenvalue weighted by molar-refractivity contribution is -0.143. The highest BCUT2D eigenvalue weighted by molar-refractivity contribution is 7.10. The predicted octanol–water partition coefficient (Wildman–Crippen LogP) is 3.62. The van der Waals surface area contributed by atoms with E-state index in [0.717, 1.165) is 43.4 Å². The molecule has 0 spiro atoms. The Bertz CT molecular complexity index is 1270. The first-order valence-electron chi connectivity index (χ1n) is 13.8. The van der Waals surface area contributed by atoms with Crippen LogP contribution in [-0.2, 0) is 20.9 Å². The maximum absolute atomic E-state index is 13.9. The summed E-state index contributed by atoms with van der Waals surface area (Å²) >= 11 is 1.47. The van der Waals surface area contributed by atoms with Gasteiger partial charge in [-0.3, -0.25) is 9.59 Å². The number of methoxy groups -OCH3 is 2. The Morgan fingerprint density at radius 2 is 1.95 bits per heavy atom. The van der Waals surface area contributed by atoms with E-state index in [4.69, 9.17) is 14.2 Å². The van der Waals surface area contributed by atoms with E-state index in [1.165, 1.54) is 22.6 Å². The van der Waals surface area contributed by atoms with Crippen LogP contribution in [0.25, 0.3) is 11.4 Å². The number of nitrogens with zero attached hydrogens (tertiary/aromatic N) is 5. The Morgan fingerprint density at radius 3 is 2.65 bits per heavy atom. The monoisotopic (exact) mass is 568 g/mol. The molecule has 3 aromatic rings. The summed E-state index contributed by atoms with van der Waals surface area (Å²) in [5.74, 6) is 1.05. The van der Waals surface area contributed by atoms with Gasteiger partial charge in [0, 0.05) is 29.6 Å². The van der Waals surface area contributed by atoms with E-state index in [1.807, 2.05) is 17.5 Å². The van der Waals surface area contributed by atoms with Crippen LogP contribution in [0.3, 0.4) is 0 Å². The van der Waals surface area contributed by atoms with Crippen molar-refractivity contribution in [3.8, 4) is 22.9 Å². The highest BCUT2D eigenvalue weighted by atomic mass is 32.1. The van der Waals surface area contributed by atoms with E-state index in [-0.39, 0.29) is 30.5 Å². The number of amides is 2. The van der Waals surface area contributed by atoms with Gasteiger partial charge >= 0.3 is 0 Å². The Labute approximate surface area is 237 Å². The smallest absolute Gasteiger partial charge is 0.248 e. The zero-order valence-electron chi connectivity index (χ0n) is 23.0. The fourth-order valence-corrected chi connectivity index (χ4v) is 6.20. The zero-order valence-corrected chi connectivity index (χ0v) is 23.8. The molecule has 1 aliphatic carbocycles. The molecule has 2 fully saturated rings. The van der Waals surface area contributed by atoms with Crippen LogP contribution < -0.4 is 14.8 Å². The first-order chi connectivity index (χ1) is 19.6. The molecule has 1 aromatic carbocycles. The number of thiophene rings is 1. The fourth-order valence-electron chi connectivity index (χ4n) is 5.37. The molecule has 3 heterocycles. The Morgan fingerprint density at radius 1 is 1.12 bits per heavy atom. The number of ether oxygens (including phenoxy) is 3. The molecule has 1 saturated carbocycles. The van der Waals surface area contributed by atoms with Crippen LogP contribution in [0.1, 0.15) is 55.9 Å². The number of hydrogen-bond acceptors (Lipinski definition) is 9. The molecule has 0 bridgehead atoms. The van der Waals surface area contributed by atoms with Gasteiger partial charge in [0.05, 0.1) is 20.3 Å². The Hall–Kier alpha value is -3.51. The number of aromatic nitrogens is 4. The van der Waals surface area contributed by atoms with Crippen molar-refractivity contribution in [2.45, 2.75) is 69.7 Å². The van der Waals surface area contributed by atoms with E-state index in [1.54, 1.807) is 37.3 Å². The van der Waals surface area contributed by atoms with Crippen LogP contribution in [0.2, 0.25) is 0 Å². The summed E-state index contributed by atoms with van der Waals surface area (Å²) in [4.78, 5) is 31.4. The van der Waals surface area contributed by atoms with Gasteiger partial charge in [-0.1, -0.05) is 25.3 Å². The van der Waals surface area contributed by atoms with Crippen molar-refractivity contribution in [2.24, 2.45) is 0 Å². The van der Waals surface area contributed by atoms with Crippen LogP contribution in [0, 0.1) is 0 Å². The molecule has 1 aliphatic heterocycles. The minimum absolute atomic E-state index is 0.125. The number of rotatable bonds is 11. The van der Waals surface area contributed by atoms with Crippen molar-refractivity contribution < 1.29 is 23.8 Å². The number of carbonyl (C=O) groups excluding carboxylic acids is 2. The van der Waals surface area contributed by atoms with E-state index in [2.05, 4.69) is 20.7 Å². The van der Waals surface area contributed by atoms with Crippen LogP contribution >= 0.6 is 11.3 Å². The summed E-state index contributed by atoms with van der Waals surface area (Å²) in [6.07, 6.45) is 6.98. The molecular weight excluding hydrogens is 532 g/mol. The molecule has 214 valence electrons. The molecule has 1 N–H and O–H groups in total. The highest BCUT2D eigenvalue weighted by Gasteiger charge is 2.36. The first kappa shape index (κ1) is 28.0. The average molecular weight is 569 g/mol. The number of tetrazole rings is 1. The van der Waals surface area contributed by atoms with Gasteiger partial charge in [0.15, 0.2) is 11.5 Å². The van der Waals surface area contributed by atoms with Gasteiger partial charge in [0.1, 0.15) is 12.6 Å². The largest absolute Gasteiger partial charge is 0.493 e. The van der Waals surface area contributed by atoms with Gasteiger partial charge in [-0.25, -0.2) is 0 Å². The van der Waals surface area contributed by atoms with Crippen molar-refractivity contribution in [1.29, 1.82) is 0 Å². The van der Waals surface area contributed by atoms with Gasteiger partial charge in [-0.15, -0.1) is 21.5 Å². The maximum Gasteiger partial charge on any atom is 0.248 e. The van der Waals surface area contributed by atoms with Gasteiger partial charge in [0.25, 0.3) is 0 Å². The molecule has 1 saturated heterocycles. The molecule has 11 nitrogen and oxygen atoms in total. The molecule has 40 heavy (non-hydrogen) atoms. The van der Waals surface area contributed by atoms with E-state index in [0.29, 0.717) is 36.0 Å². The Balaban J connectivity index is 1.38. The summed E-state index contributed by atoms with van der Waals surface area (Å²) in [5.41, 5.74) is 0.677. The van der Waals surface area contributed by atoms with E-state index >= 15 is 0 Å². The van der Waals surface area contributed by atoms with Crippen molar-refractivity contribution in [3.05, 3.63) is 40.6 Å². The molecule has 2 atom stereocenters. The highest BCUT2D eigenvalue weighted by Crippen LogP contribution is 2.31. The normalized spacial score (nSPS) is 18.3. The second-order valence-corrected chi connectivity index (χ2v) is 11.1. The van der Waals surface area contributed by atoms with Gasteiger partial charge in [-0.2, -0.15) is 4.80 Å². The SMILES string of the molecule is COc1ccc(-c2nnn(CC(=O)N(C[C@H]3CCCO3)[C@H](C(=O)NC3CCCCC3)c3cccs3)n2)cc1OC. The molecule has 0 unspecified atom stereocenters.